The van der Waals surface area contributed by atoms with Crippen LogP contribution >= 0.6 is 23.1 Å². The molecule has 0 aliphatic carbocycles. The van der Waals surface area contributed by atoms with E-state index in [1.165, 1.54) is 47.4 Å². The molecular formula is C18H19N3O4S3. The van der Waals surface area contributed by atoms with Crippen molar-refractivity contribution in [2.24, 2.45) is 5.14 Å². The van der Waals surface area contributed by atoms with Gasteiger partial charge in [0.25, 0.3) is 0 Å². The number of nitrogens with zero attached hydrogens (tertiary/aromatic N) is 1. The number of benzene rings is 2. The monoisotopic (exact) mass is 437 g/mol. The third-order valence-electron chi connectivity index (χ3n) is 3.75. The third-order valence-corrected chi connectivity index (χ3v) is 6.89. The van der Waals surface area contributed by atoms with E-state index in [1.54, 1.807) is 6.92 Å². The maximum absolute atomic E-state index is 12.4. The number of carbonyl (C=O) groups excluding carboxylic acids is 1. The van der Waals surface area contributed by atoms with Gasteiger partial charge in [0.05, 0.1) is 27.0 Å². The maximum atomic E-state index is 12.4. The molecule has 2 aromatic carbocycles. The SMILES string of the molecule is CCOc1ccc2nc(S[C@H](C)C(=O)Nc3ccc(S(N)(=O)=O)cc3)sc2c1. The largest absolute Gasteiger partial charge is 0.494 e. The fourth-order valence-electron chi connectivity index (χ4n) is 2.37. The second kappa shape index (κ2) is 8.48. The lowest BCUT2D eigenvalue weighted by Gasteiger charge is -2.10. The molecule has 148 valence electrons. The number of hydrogen-bond donors (Lipinski definition) is 2. The molecule has 0 saturated carbocycles. The first kappa shape index (κ1) is 20.6. The summed E-state index contributed by atoms with van der Waals surface area (Å²) >= 11 is 2.87. The molecule has 1 amide bonds. The van der Waals surface area contributed by atoms with Crippen molar-refractivity contribution in [3.8, 4) is 5.75 Å². The number of thiazole rings is 1. The van der Waals surface area contributed by atoms with Gasteiger partial charge in [-0.05, 0) is 56.3 Å². The zero-order valence-corrected chi connectivity index (χ0v) is 17.7. The zero-order valence-electron chi connectivity index (χ0n) is 15.2. The van der Waals surface area contributed by atoms with E-state index >= 15 is 0 Å². The van der Waals surface area contributed by atoms with Crippen LogP contribution in [-0.2, 0) is 14.8 Å². The van der Waals surface area contributed by atoms with Gasteiger partial charge in [0.1, 0.15) is 5.75 Å². The molecule has 3 N–H and O–H groups in total. The predicted octanol–water partition coefficient (Wildman–Crippen LogP) is 3.46. The molecule has 0 spiro atoms. The Morgan fingerprint density at radius 3 is 2.64 bits per heavy atom. The van der Waals surface area contributed by atoms with E-state index in [9.17, 15) is 13.2 Å². The van der Waals surface area contributed by atoms with E-state index in [0.717, 1.165) is 20.3 Å². The average Bonchev–Trinajstić information content (AvgIpc) is 3.03. The first-order valence-electron chi connectivity index (χ1n) is 8.40. The van der Waals surface area contributed by atoms with E-state index in [2.05, 4.69) is 10.3 Å². The molecule has 0 bridgehead atoms. The van der Waals surface area contributed by atoms with Crippen LogP contribution in [0.3, 0.4) is 0 Å². The van der Waals surface area contributed by atoms with Crippen LogP contribution < -0.4 is 15.2 Å². The van der Waals surface area contributed by atoms with Gasteiger partial charge < -0.3 is 10.1 Å². The van der Waals surface area contributed by atoms with E-state index in [-0.39, 0.29) is 16.1 Å². The first-order chi connectivity index (χ1) is 13.3. The van der Waals surface area contributed by atoms with E-state index < -0.39 is 10.0 Å². The highest BCUT2D eigenvalue weighted by atomic mass is 32.2. The highest BCUT2D eigenvalue weighted by Crippen LogP contribution is 2.34. The molecule has 0 aliphatic heterocycles. The Bertz CT molecular complexity index is 1090. The molecule has 1 heterocycles. The summed E-state index contributed by atoms with van der Waals surface area (Å²) in [5.41, 5.74) is 1.36. The molecule has 0 aliphatic rings. The minimum Gasteiger partial charge on any atom is -0.494 e. The molecule has 7 nitrogen and oxygen atoms in total. The molecule has 28 heavy (non-hydrogen) atoms. The van der Waals surface area contributed by atoms with Crippen molar-refractivity contribution < 1.29 is 17.9 Å². The van der Waals surface area contributed by atoms with Crippen molar-refractivity contribution in [2.45, 2.75) is 28.3 Å². The van der Waals surface area contributed by atoms with Gasteiger partial charge >= 0.3 is 0 Å². The fourth-order valence-corrected chi connectivity index (χ4v) is 5.12. The van der Waals surface area contributed by atoms with Gasteiger partial charge in [-0.1, -0.05) is 11.8 Å². The number of rotatable bonds is 7. The third kappa shape index (κ3) is 5.02. The smallest absolute Gasteiger partial charge is 0.238 e. The van der Waals surface area contributed by atoms with Crippen LogP contribution in [0.15, 0.2) is 51.7 Å². The summed E-state index contributed by atoms with van der Waals surface area (Å²) in [5, 5.41) is 7.45. The van der Waals surface area contributed by atoms with Crippen LogP contribution in [0.4, 0.5) is 5.69 Å². The Morgan fingerprint density at radius 1 is 1.29 bits per heavy atom. The quantitative estimate of drug-likeness (QED) is 0.548. The molecule has 1 aromatic heterocycles. The predicted molar refractivity (Wildman–Crippen MR) is 113 cm³/mol. The van der Waals surface area contributed by atoms with Crippen molar-refractivity contribution >= 4 is 54.9 Å². The fraction of sp³-hybridized carbons (Fsp3) is 0.222. The Balaban J connectivity index is 1.66. The molecule has 0 unspecified atom stereocenters. The molecule has 10 heteroatoms. The Hall–Kier alpha value is -2.14. The van der Waals surface area contributed by atoms with Crippen LogP contribution in [0.25, 0.3) is 10.2 Å². The average molecular weight is 438 g/mol. The number of aromatic nitrogens is 1. The maximum Gasteiger partial charge on any atom is 0.238 e. The molecule has 0 fully saturated rings. The second-order valence-corrected chi connectivity index (χ2v) is 10.0. The number of hydrogen-bond acceptors (Lipinski definition) is 7. The van der Waals surface area contributed by atoms with E-state index in [4.69, 9.17) is 9.88 Å². The summed E-state index contributed by atoms with van der Waals surface area (Å²) < 4.78 is 29.9. The van der Waals surface area contributed by atoms with Crippen LogP contribution in [0.2, 0.25) is 0 Å². The number of fused-ring (bicyclic) bond motifs is 1. The number of primary sulfonamides is 1. The standard InChI is InChI=1S/C18H19N3O4S3/c1-3-25-13-6-9-15-16(10-13)27-18(21-15)26-11(2)17(22)20-12-4-7-14(8-5-12)28(19,23)24/h4-11H,3H2,1-2H3,(H,20,22)(H2,19,23,24)/t11-/m1/s1. The van der Waals surface area contributed by atoms with Gasteiger partial charge in [-0.3, -0.25) is 4.79 Å². The number of thioether (sulfide) groups is 1. The van der Waals surface area contributed by atoms with E-state index in [0.29, 0.717) is 12.3 Å². The molecule has 1 atom stereocenters. The number of sulfonamides is 1. The first-order valence-corrected chi connectivity index (χ1v) is 11.6. The van der Waals surface area contributed by atoms with Gasteiger partial charge in [-0.25, -0.2) is 18.5 Å². The number of amides is 1. The lowest BCUT2D eigenvalue weighted by Crippen LogP contribution is -2.22. The van der Waals surface area contributed by atoms with Crippen molar-refractivity contribution in [1.29, 1.82) is 0 Å². The lowest BCUT2D eigenvalue weighted by molar-refractivity contribution is -0.115. The highest BCUT2D eigenvalue weighted by Gasteiger charge is 2.18. The molecule has 0 saturated heterocycles. The van der Waals surface area contributed by atoms with Crippen LogP contribution in [0, 0.1) is 0 Å². The van der Waals surface area contributed by atoms with Gasteiger partial charge in [0.15, 0.2) is 4.34 Å². The van der Waals surface area contributed by atoms with Crippen molar-refractivity contribution in [2.75, 3.05) is 11.9 Å². The van der Waals surface area contributed by atoms with Crippen molar-refractivity contribution in [3.05, 3.63) is 42.5 Å². The Kier molecular flexibility index (Phi) is 6.23. The highest BCUT2D eigenvalue weighted by molar-refractivity contribution is 8.02. The summed E-state index contributed by atoms with van der Waals surface area (Å²) in [6, 6.07) is 11.4. The van der Waals surface area contributed by atoms with Crippen molar-refractivity contribution in [3.63, 3.8) is 0 Å². The van der Waals surface area contributed by atoms with Crippen molar-refractivity contribution in [1.82, 2.24) is 4.98 Å². The number of nitrogens with two attached hydrogens (primary N) is 1. The Labute approximate surface area is 171 Å². The summed E-state index contributed by atoms with van der Waals surface area (Å²) in [5.74, 6) is 0.589. The Morgan fingerprint density at radius 2 is 2.00 bits per heavy atom. The van der Waals surface area contributed by atoms with Gasteiger partial charge in [-0.15, -0.1) is 11.3 Å². The number of ether oxygens (including phenoxy) is 1. The van der Waals surface area contributed by atoms with E-state index in [1.807, 2.05) is 25.1 Å². The van der Waals surface area contributed by atoms with Gasteiger partial charge in [-0.2, -0.15) is 0 Å². The lowest BCUT2D eigenvalue weighted by atomic mass is 10.3. The minimum atomic E-state index is -3.76. The minimum absolute atomic E-state index is 0.00572. The topological polar surface area (TPSA) is 111 Å². The normalized spacial score (nSPS) is 12.7. The molecule has 0 radical (unpaired) electrons. The van der Waals surface area contributed by atoms with Gasteiger partial charge in [0, 0.05) is 5.69 Å². The zero-order chi connectivity index (χ0) is 20.3. The van der Waals surface area contributed by atoms with Crippen LogP contribution in [0.1, 0.15) is 13.8 Å². The van der Waals surface area contributed by atoms with Crippen LogP contribution in [0.5, 0.6) is 5.75 Å². The summed E-state index contributed by atoms with van der Waals surface area (Å²) in [6.45, 7) is 4.32. The number of anilines is 1. The summed E-state index contributed by atoms with van der Waals surface area (Å²) in [7, 11) is -3.76. The number of carbonyl (C=O) groups is 1. The number of nitrogens with one attached hydrogen (secondary N) is 1. The molecule has 3 aromatic rings. The molecule has 3 rings (SSSR count). The molecular weight excluding hydrogens is 418 g/mol. The van der Waals surface area contributed by atoms with Gasteiger partial charge in [0.2, 0.25) is 15.9 Å². The summed E-state index contributed by atoms with van der Waals surface area (Å²) in [6.07, 6.45) is 0. The summed E-state index contributed by atoms with van der Waals surface area (Å²) in [4.78, 5) is 17.0. The van der Waals surface area contributed by atoms with Crippen LogP contribution in [-0.4, -0.2) is 31.2 Å². The second-order valence-electron chi connectivity index (χ2n) is 5.86.